The number of halogens is 1. The molecule has 0 spiro atoms. The van der Waals surface area contributed by atoms with Crippen LogP contribution in [0.2, 0.25) is 5.02 Å². The molecule has 1 unspecified atom stereocenters. The minimum Gasteiger partial charge on any atom is -0.325 e. The Hall–Kier alpha value is -3.09. The highest BCUT2D eigenvalue weighted by Gasteiger charge is 2.35. The van der Waals surface area contributed by atoms with Gasteiger partial charge in [0, 0.05) is 23.7 Å². The Labute approximate surface area is 202 Å². The predicted octanol–water partition coefficient (Wildman–Crippen LogP) is 5.85. The van der Waals surface area contributed by atoms with Gasteiger partial charge in [-0.1, -0.05) is 65.8 Å². The van der Waals surface area contributed by atoms with Gasteiger partial charge in [-0.2, -0.15) is 0 Å². The molecule has 1 heterocycles. The molecule has 0 aromatic heterocycles. The number of amidine groups is 1. The Morgan fingerprint density at radius 3 is 2.58 bits per heavy atom. The van der Waals surface area contributed by atoms with Gasteiger partial charge in [-0.05, 0) is 60.9 Å². The number of anilines is 1. The molecule has 0 aliphatic carbocycles. The van der Waals surface area contributed by atoms with Crippen LogP contribution in [0.4, 0.5) is 11.4 Å². The van der Waals surface area contributed by atoms with Crippen LogP contribution in [-0.2, 0) is 16.0 Å². The normalized spacial score (nSPS) is 17.3. The SMILES string of the molecule is Cc1cccc(NC(=O)C2CC(=O)N(CCc3ccccc3)C(=Nc3ccc(Cl)cc3)S2)c1. The van der Waals surface area contributed by atoms with Crippen molar-refractivity contribution >= 4 is 51.7 Å². The van der Waals surface area contributed by atoms with E-state index >= 15 is 0 Å². The molecule has 5 nitrogen and oxygen atoms in total. The van der Waals surface area contributed by atoms with Crippen LogP contribution in [0, 0.1) is 6.92 Å². The Morgan fingerprint density at radius 2 is 1.85 bits per heavy atom. The lowest BCUT2D eigenvalue weighted by molar-refractivity contribution is -0.129. The monoisotopic (exact) mass is 477 g/mol. The van der Waals surface area contributed by atoms with Crippen LogP contribution in [-0.4, -0.2) is 33.7 Å². The molecule has 1 saturated heterocycles. The first kappa shape index (κ1) is 23.1. The van der Waals surface area contributed by atoms with Crippen LogP contribution in [0.1, 0.15) is 17.5 Å². The number of aliphatic imine (C=N–C) groups is 1. The average molecular weight is 478 g/mol. The maximum atomic E-state index is 13.1. The molecule has 3 aromatic rings. The second kappa shape index (κ2) is 10.7. The molecule has 1 aliphatic heterocycles. The molecule has 1 N–H and O–H groups in total. The van der Waals surface area contributed by atoms with Gasteiger partial charge in [0.05, 0.1) is 5.69 Å². The van der Waals surface area contributed by atoms with Crippen molar-refractivity contribution in [1.82, 2.24) is 4.90 Å². The van der Waals surface area contributed by atoms with E-state index in [1.54, 1.807) is 29.2 Å². The molecule has 1 fully saturated rings. The van der Waals surface area contributed by atoms with Gasteiger partial charge in [-0.3, -0.25) is 14.5 Å². The van der Waals surface area contributed by atoms with Crippen LogP contribution in [0.5, 0.6) is 0 Å². The number of thioether (sulfide) groups is 1. The van der Waals surface area contributed by atoms with Gasteiger partial charge in [0.15, 0.2) is 5.17 Å². The summed E-state index contributed by atoms with van der Waals surface area (Å²) in [6.07, 6.45) is 0.823. The lowest BCUT2D eigenvalue weighted by Crippen LogP contribution is -2.46. The van der Waals surface area contributed by atoms with Crippen molar-refractivity contribution in [3.8, 4) is 0 Å². The van der Waals surface area contributed by atoms with E-state index in [4.69, 9.17) is 16.6 Å². The topological polar surface area (TPSA) is 61.8 Å². The lowest BCUT2D eigenvalue weighted by Gasteiger charge is -2.32. The van der Waals surface area contributed by atoms with E-state index < -0.39 is 5.25 Å². The quantitative estimate of drug-likeness (QED) is 0.484. The number of hydrogen-bond donors (Lipinski definition) is 1. The summed E-state index contributed by atoms with van der Waals surface area (Å²) >= 11 is 7.32. The number of amides is 2. The molecule has 0 bridgehead atoms. The third kappa shape index (κ3) is 6.24. The van der Waals surface area contributed by atoms with E-state index in [0.717, 1.165) is 16.8 Å². The summed E-state index contributed by atoms with van der Waals surface area (Å²) in [5.41, 5.74) is 3.59. The Bertz CT molecular complexity index is 1170. The van der Waals surface area contributed by atoms with Crippen LogP contribution >= 0.6 is 23.4 Å². The molecule has 168 valence electrons. The zero-order valence-corrected chi connectivity index (χ0v) is 19.8. The molecular formula is C26H24ClN3O2S. The second-order valence-corrected chi connectivity index (χ2v) is 9.43. The Kier molecular flexibility index (Phi) is 7.47. The molecule has 4 rings (SSSR count). The van der Waals surface area contributed by atoms with Gasteiger partial charge in [0.25, 0.3) is 0 Å². The van der Waals surface area contributed by atoms with Gasteiger partial charge >= 0.3 is 0 Å². The third-order valence-corrected chi connectivity index (χ3v) is 6.68. The standard InChI is InChI=1S/C26H24ClN3O2S/c1-18-6-5-9-22(16-18)28-25(32)23-17-24(31)30(15-14-19-7-3-2-4-8-19)26(33-23)29-21-12-10-20(27)11-13-21/h2-13,16,23H,14-15,17H2,1H3,(H,28,32). The summed E-state index contributed by atoms with van der Waals surface area (Å²) in [6, 6.07) is 24.7. The number of carbonyl (C=O) groups excluding carboxylic acids is 2. The summed E-state index contributed by atoms with van der Waals surface area (Å²) in [6.45, 7) is 2.46. The van der Waals surface area contributed by atoms with Crippen LogP contribution in [0.25, 0.3) is 0 Å². The molecule has 2 amide bonds. The van der Waals surface area contributed by atoms with Crippen molar-refractivity contribution in [1.29, 1.82) is 0 Å². The van der Waals surface area contributed by atoms with E-state index in [9.17, 15) is 9.59 Å². The maximum absolute atomic E-state index is 13.1. The summed E-state index contributed by atoms with van der Waals surface area (Å²) in [5, 5.41) is 3.51. The number of benzene rings is 3. The number of nitrogens with one attached hydrogen (secondary N) is 1. The molecule has 1 atom stereocenters. The number of hydrogen-bond acceptors (Lipinski definition) is 4. The van der Waals surface area contributed by atoms with Crippen LogP contribution in [0.3, 0.4) is 0 Å². The van der Waals surface area contributed by atoms with Gasteiger partial charge in [-0.25, -0.2) is 4.99 Å². The zero-order chi connectivity index (χ0) is 23.2. The van der Waals surface area contributed by atoms with E-state index in [2.05, 4.69) is 5.32 Å². The lowest BCUT2D eigenvalue weighted by atomic mass is 10.1. The molecular weight excluding hydrogens is 454 g/mol. The van der Waals surface area contributed by atoms with E-state index in [1.165, 1.54) is 11.8 Å². The largest absolute Gasteiger partial charge is 0.325 e. The van der Waals surface area contributed by atoms with Gasteiger partial charge in [0.2, 0.25) is 11.8 Å². The first-order chi connectivity index (χ1) is 16.0. The highest BCUT2D eigenvalue weighted by Crippen LogP contribution is 2.30. The number of nitrogens with zero attached hydrogens (tertiary/aromatic N) is 2. The molecule has 0 saturated carbocycles. The minimum atomic E-state index is -0.558. The molecule has 1 aliphatic rings. The first-order valence-corrected chi connectivity index (χ1v) is 12.0. The fourth-order valence-corrected chi connectivity index (χ4v) is 4.77. The summed E-state index contributed by atoms with van der Waals surface area (Å²) in [4.78, 5) is 32.5. The van der Waals surface area contributed by atoms with Gasteiger partial charge in [-0.15, -0.1) is 0 Å². The zero-order valence-electron chi connectivity index (χ0n) is 18.2. The van der Waals surface area contributed by atoms with E-state index in [1.807, 2.05) is 61.5 Å². The summed E-state index contributed by atoms with van der Waals surface area (Å²) < 4.78 is 0. The van der Waals surface area contributed by atoms with E-state index in [0.29, 0.717) is 28.8 Å². The Morgan fingerprint density at radius 1 is 1.09 bits per heavy atom. The maximum Gasteiger partial charge on any atom is 0.238 e. The van der Waals surface area contributed by atoms with Gasteiger partial charge < -0.3 is 5.32 Å². The molecule has 0 radical (unpaired) electrons. The second-order valence-electron chi connectivity index (χ2n) is 7.82. The van der Waals surface area contributed by atoms with Crippen molar-refractivity contribution in [2.45, 2.75) is 25.0 Å². The highest BCUT2D eigenvalue weighted by atomic mass is 35.5. The fraction of sp³-hybridized carbons (Fsp3) is 0.192. The van der Waals surface area contributed by atoms with Crippen molar-refractivity contribution < 1.29 is 9.59 Å². The fourth-order valence-electron chi connectivity index (χ4n) is 3.52. The van der Waals surface area contributed by atoms with Crippen LogP contribution in [0.15, 0.2) is 83.9 Å². The van der Waals surface area contributed by atoms with Crippen molar-refractivity contribution in [2.75, 3.05) is 11.9 Å². The highest BCUT2D eigenvalue weighted by molar-refractivity contribution is 8.15. The predicted molar refractivity (Wildman–Crippen MR) is 136 cm³/mol. The Balaban J connectivity index is 1.55. The number of carbonyl (C=O) groups is 2. The minimum absolute atomic E-state index is 0.109. The van der Waals surface area contributed by atoms with E-state index in [-0.39, 0.29) is 18.2 Å². The smallest absolute Gasteiger partial charge is 0.238 e. The third-order valence-electron chi connectivity index (χ3n) is 5.24. The van der Waals surface area contributed by atoms with Crippen molar-refractivity contribution in [2.24, 2.45) is 4.99 Å². The first-order valence-electron chi connectivity index (χ1n) is 10.7. The molecule has 3 aromatic carbocycles. The van der Waals surface area contributed by atoms with Crippen molar-refractivity contribution in [3.05, 3.63) is 95.0 Å². The number of aryl methyl sites for hydroxylation is 1. The summed E-state index contributed by atoms with van der Waals surface area (Å²) in [7, 11) is 0. The van der Waals surface area contributed by atoms with Crippen molar-refractivity contribution in [3.63, 3.8) is 0 Å². The average Bonchev–Trinajstić information content (AvgIpc) is 2.80. The molecule has 7 heteroatoms. The number of rotatable bonds is 6. The molecule has 33 heavy (non-hydrogen) atoms. The van der Waals surface area contributed by atoms with Gasteiger partial charge in [0.1, 0.15) is 5.25 Å². The summed E-state index contributed by atoms with van der Waals surface area (Å²) in [5.74, 6) is -0.313. The van der Waals surface area contributed by atoms with Crippen LogP contribution < -0.4 is 5.32 Å².